The van der Waals surface area contributed by atoms with Crippen molar-refractivity contribution in [3.05, 3.63) is 63.6 Å². The molecule has 9 heteroatoms. The van der Waals surface area contributed by atoms with Crippen LogP contribution in [0.1, 0.15) is 11.1 Å². The van der Waals surface area contributed by atoms with Crippen LogP contribution < -0.4 is 14.8 Å². The molecular formula is C17H18Cl2N2O4S. The minimum absolute atomic E-state index is 0.160. The molecule has 0 atom stereocenters. The van der Waals surface area contributed by atoms with Gasteiger partial charge in [-0.05, 0) is 36.4 Å². The van der Waals surface area contributed by atoms with Crippen LogP contribution in [0.3, 0.4) is 0 Å². The lowest BCUT2D eigenvalue weighted by Gasteiger charge is -2.12. The third kappa shape index (κ3) is 6.17. The van der Waals surface area contributed by atoms with Gasteiger partial charge in [-0.2, -0.15) is 0 Å². The lowest BCUT2D eigenvalue weighted by atomic mass is 10.1. The molecule has 0 aromatic heterocycles. The van der Waals surface area contributed by atoms with Gasteiger partial charge in [-0.15, -0.1) is 0 Å². The monoisotopic (exact) mass is 416 g/mol. The van der Waals surface area contributed by atoms with Crippen LogP contribution in [0, 0.1) is 0 Å². The standard InChI is InChI=1S/C17H18Cl2N2O4S/c1-20-26(23,24)11-13-5-3-2-4-12(13)9-21-17(22)10-25-16-7-6-14(18)8-15(16)19/h2-8,20H,9-11H2,1H3,(H,21,22). The first kappa shape index (κ1) is 20.5. The van der Waals surface area contributed by atoms with E-state index in [0.717, 1.165) is 0 Å². The number of halogens is 2. The Labute approximate surface area is 162 Å². The van der Waals surface area contributed by atoms with Crippen molar-refractivity contribution in [2.45, 2.75) is 12.3 Å². The maximum Gasteiger partial charge on any atom is 0.258 e. The molecule has 0 aliphatic carbocycles. The van der Waals surface area contributed by atoms with Crippen LogP contribution in [0.4, 0.5) is 0 Å². The minimum atomic E-state index is -3.40. The molecule has 0 heterocycles. The number of carbonyl (C=O) groups excluding carboxylic acids is 1. The van der Waals surface area contributed by atoms with E-state index in [4.69, 9.17) is 27.9 Å². The van der Waals surface area contributed by atoms with Crippen LogP contribution in [-0.2, 0) is 27.1 Å². The maximum absolute atomic E-state index is 12.0. The van der Waals surface area contributed by atoms with Crippen LogP contribution in [0.5, 0.6) is 5.75 Å². The Morgan fingerprint density at radius 2 is 1.81 bits per heavy atom. The molecule has 1 amide bonds. The van der Waals surface area contributed by atoms with Gasteiger partial charge in [0.25, 0.3) is 5.91 Å². The van der Waals surface area contributed by atoms with Crippen molar-refractivity contribution < 1.29 is 17.9 Å². The van der Waals surface area contributed by atoms with E-state index < -0.39 is 10.0 Å². The van der Waals surface area contributed by atoms with Gasteiger partial charge in [-0.25, -0.2) is 13.1 Å². The van der Waals surface area contributed by atoms with E-state index >= 15 is 0 Å². The quantitative estimate of drug-likeness (QED) is 0.692. The summed E-state index contributed by atoms with van der Waals surface area (Å²) >= 11 is 11.8. The summed E-state index contributed by atoms with van der Waals surface area (Å²) in [7, 11) is -2.04. The normalized spacial score (nSPS) is 11.2. The summed E-state index contributed by atoms with van der Waals surface area (Å²) in [5.74, 6) is -0.166. The van der Waals surface area contributed by atoms with E-state index in [9.17, 15) is 13.2 Å². The van der Waals surface area contributed by atoms with Gasteiger partial charge < -0.3 is 10.1 Å². The molecule has 0 aliphatic heterocycles. The van der Waals surface area contributed by atoms with Crippen molar-refractivity contribution in [1.82, 2.24) is 10.0 Å². The average Bonchev–Trinajstić information content (AvgIpc) is 2.60. The molecule has 0 aliphatic rings. The largest absolute Gasteiger partial charge is 0.482 e. The second kappa shape index (κ2) is 9.23. The molecule has 2 aromatic carbocycles. The van der Waals surface area contributed by atoms with Gasteiger partial charge in [0, 0.05) is 11.6 Å². The van der Waals surface area contributed by atoms with Crippen LogP contribution >= 0.6 is 23.2 Å². The van der Waals surface area contributed by atoms with Gasteiger partial charge in [0.15, 0.2) is 6.61 Å². The Hall–Kier alpha value is -1.80. The summed E-state index contributed by atoms with van der Waals surface area (Å²) in [6, 6.07) is 11.7. The van der Waals surface area contributed by atoms with Crippen molar-refractivity contribution in [2.75, 3.05) is 13.7 Å². The Balaban J connectivity index is 1.93. The Morgan fingerprint density at radius 3 is 2.46 bits per heavy atom. The highest BCUT2D eigenvalue weighted by Crippen LogP contribution is 2.27. The highest BCUT2D eigenvalue weighted by Gasteiger charge is 2.13. The van der Waals surface area contributed by atoms with E-state index in [1.54, 1.807) is 36.4 Å². The average molecular weight is 417 g/mol. The molecule has 0 unspecified atom stereocenters. The first-order valence-corrected chi connectivity index (χ1v) is 10.0. The molecule has 2 N–H and O–H groups in total. The Morgan fingerprint density at radius 1 is 1.12 bits per heavy atom. The van der Waals surface area contributed by atoms with Gasteiger partial charge in [-0.3, -0.25) is 4.79 Å². The highest BCUT2D eigenvalue weighted by atomic mass is 35.5. The topological polar surface area (TPSA) is 84.5 Å². The van der Waals surface area contributed by atoms with Crippen molar-refractivity contribution in [2.24, 2.45) is 0 Å². The Kier molecular flexibility index (Phi) is 7.28. The zero-order valence-corrected chi connectivity index (χ0v) is 16.3. The zero-order chi connectivity index (χ0) is 19.2. The van der Waals surface area contributed by atoms with Crippen LogP contribution in [0.15, 0.2) is 42.5 Å². The summed E-state index contributed by atoms with van der Waals surface area (Å²) in [4.78, 5) is 12.0. The second-order valence-corrected chi connectivity index (χ2v) is 8.14. The van der Waals surface area contributed by atoms with Gasteiger partial charge >= 0.3 is 0 Å². The summed E-state index contributed by atoms with van der Waals surface area (Å²) in [6.07, 6.45) is 0. The predicted octanol–water partition coefficient (Wildman–Crippen LogP) is 2.74. The summed E-state index contributed by atoms with van der Waals surface area (Å²) in [5.41, 5.74) is 1.33. The Bertz CT molecular complexity index is 888. The molecule has 0 saturated heterocycles. The van der Waals surface area contributed by atoms with Crippen LogP contribution in [0.25, 0.3) is 0 Å². The zero-order valence-electron chi connectivity index (χ0n) is 14.0. The van der Waals surface area contributed by atoms with Crippen LogP contribution in [-0.4, -0.2) is 28.0 Å². The molecule has 2 rings (SSSR count). The smallest absolute Gasteiger partial charge is 0.258 e. The molecule has 6 nitrogen and oxygen atoms in total. The fourth-order valence-corrected chi connectivity index (χ4v) is 3.43. The number of sulfonamides is 1. The number of ether oxygens (including phenoxy) is 1. The first-order valence-electron chi connectivity index (χ1n) is 7.63. The molecule has 0 radical (unpaired) electrons. The lowest BCUT2D eigenvalue weighted by Crippen LogP contribution is -2.29. The fraction of sp³-hybridized carbons (Fsp3) is 0.235. The van der Waals surface area contributed by atoms with Crippen molar-refractivity contribution in [1.29, 1.82) is 0 Å². The molecule has 0 saturated carbocycles. The van der Waals surface area contributed by atoms with Crippen LogP contribution in [0.2, 0.25) is 10.0 Å². The maximum atomic E-state index is 12.0. The molecule has 0 spiro atoms. The molecule has 0 fully saturated rings. The summed E-state index contributed by atoms with van der Waals surface area (Å²) < 4.78 is 31.1. The highest BCUT2D eigenvalue weighted by molar-refractivity contribution is 7.88. The first-order chi connectivity index (χ1) is 12.3. The molecule has 2 aromatic rings. The number of benzene rings is 2. The second-order valence-electron chi connectivity index (χ2n) is 5.37. The number of carbonyl (C=O) groups is 1. The lowest BCUT2D eigenvalue weighted by molar-refractivity contribution is -0.123. The number of amides is 1. The SMILES string of the molecule is CNS(=O)(=O)Cc1ccccc1CNC(=O)COc1ccc(Cl)cc1Cl. The predicted molar refractivity (Wildman–Crippen MR) is 102 cm³/mol. The molecule has 26 heavy (non-hydrogen) atoms. The molecular weight excluding hydrogens is 399 g/mol. The van der Waals surface area contributed by atoms with E-state index in [0.29, 0.717) is 26.9 Å². The van der Waals surface area contributed by atoms with Gasteiger partial charge in [0.1, 0.15) is 5.75 Å². The number of nitrogens with one attached hydrogen (secondary N) is 2. The van der Waals surface area contributed by atoms with Gasteiger partial charge in [0.05, 0.1) is 10.8 Å². The van der Waals surface area contributed by atoms with E-state index in [1.807, 2.05) is 0 Å². The van der Waals surface area contributed by atoms with Gasteiger partial charge in [-0.1, -0.05) is 47.5 Å². The van der Waals surface area contributed by atoms with Crippen molar-refractivity contribution >= 4 is 39.1 Å². The third-order valence-electron chi connectivity index (χ3n) is 3.50. The fourth-order valence-electron chi connectivity index (χ4n) is 2.13. The van der Waals surface area contributed by atoms with Gasteiger partial charge in [0.2, 0.25) is 10.0 Å². The van der Waals surface area contributed by atoms with Crippen molar-refractivity contribution in [3.63, 3.8) is 0 Å². The van der Waals surface area contributed by atoms with Crippen molar-refractivity contribution in [3.8, 4) is 5.75 Å². The molecule has 0 bridgehead atoms. The number of hydrogen-bond acceptors (Lipinski definition) is 4. The number of hydrogen-bond donors (Lipinski definition) is 2. The molecule has 140 valence electrons. The van der Waals surface area contributed by atoms with E-state index in [1.165, 1.54) is 13.1 Å². The summed E-state index contributed by atoms with van der Waals surface area (Å²) in [5, 5.41) is 3.48. The summed E-state index contributed by atoms with van der Waals surface area (Å²) in [6.45, 7) is -0.0374. The van der Waals surface area contributed by atoms with E-state index in [2.05, 4.69) is 10.0 Å². The minimum Gasteiger partial charge on any atom is -0.482 e. The third-order valence-corrected chi connectivity index (χ3v) is 5.35. The number of rotatable bonds is 8. The van der Waals surface area contributed by atoms with E-state index in [-0.39, 0.29) is 24.8 Å².